The first-order valence-electron chi connectivity index (χ1n) is 7.35. The van der Waals surface area contributed by atoms with Crippen LogP contribution in [0.3, 0.4) is 0 Å². The molecule has 20 heavy (non-hydrogen) atoms. The van der Waals surface area contributed by atoms with E-state index in [-0.39, 0.29) is 28.3 Å². The highest BCUT2D eigenvalue weighted by molar-refractivity contribution is 7.86. The monoisotopic (exact) mass is 290 g/mol. The topological polar surface area (TPSA) is 34.1 Å². The van der Waals surface area contributed by atoms with E-state index < -0.39 is 10.8 Å². The van der Waals surface area contributed by atoms with Gasteiger partial charge in [-0.3, -0.25) is 9.00 Å². The molecule has 0 heterocycles. The molecule has 3 saturated carbocycles. The fourth-order valence-electron chi connectivity index (χ4n) is 4.12. The van der Waals surface area contributed by atoms with E-state index in [0.29, 0.717) is 5.92 Å². The quantitative estimate of drug-likeness (QED) is 0.837. The molecule has 5 atom stereocenters. The molecule has 108 valence electrons. The number of carbonyl (C=O) groups is 1. The molecule has 1 aromatic rings. The zero-order chi connectivity index (χ0) is 14.7. The van der Waals surface area contributed by atoms with Gasteiger partial charge in [0.05, 0.1) is 10.8 Å². The summed E-state index contributed by atoms with van der Waals surface area (Å²) < 4.78 is 12.8. The van der Waals surface area contributed by atoms with Gasteiger partial charge in [-0.25, -0.2) is 0 Å². The predicted octanol–water partition coefficient (Wildman–Crippen LogP) is 3.35. The summed E-state index contributed by atoms with van der Waals surface area (Å²) in [6.07, 6.45) is 0.995. The molecule has 0 aliphatic heterocycles. The fraction of sp³-hybridized carbons (Fsp3) is 0.588. The second-order valence-corrected chi connectivity index (χ2v) is 8.58. The predicted molar refractivity (Wildman–Crippen MR) is 80.9 cm³/mol. The van der Waals surface area contributed by atoms with Crippen LogP contribution < -0.4 is 0 Å². The van der Waals surface area contributed by atoms with Gasteiger partial charge < -0.3 is 0 Å². The summed E-state index contributed by atoms with van der Waals surface area (Å²) in [7, 11) is -1.21. The van der Waals surface area contributed by atoms with Gasteiger partial charge in [0.2, 0.25) is 0 Å². The molecular weight excluding hydrogens is 268 g/mol. The Morgan fingerprint density at radius 2 is 1.80 bits per heavy atom. The van der Waals surface area contributed by atoms with E-state index in [4.69, 9.17) is 0 Å². The van der Waals surface area contributed by atoms with Gasteiger partial charge in [0, 0.05) is 10.8 Å². The summed E-state index contributed by atoms with van der Waals surface area (Å²) in [4.78, 5) is 13.5. The standard InChI is InChI=1S/C17H22O2S/c1-10-5-7-12(8-6-10)20(19)16-11(2)13-9-14(15(16)18)17(13,3)4/h5-8,11,13-14,16H,9H2,1-4H3/t11-,13+,14-,16+,20-/m0/s1. The van der Waals surface area contributed by atoms with Crippen LogP contribution in [0.25, 0.3) is 0 Å². The van der Waals surface area contributed by atoms with Crippen molar-refractivity contribution >= 4 is 16.6 Å². The third kappa shape index (κ3) is 1.82. The third-order valence-electron chi connectivity index (χ3n) is 5.56. The number of hydrogen-bond donors (Lipinski definition) is 0. The van der Waals surface area contributed by atoms with Gasteiger partial charge in [0.1, 0.15) is 5.25 Å². The van der Waals surface area contributed by atoms with Crippen LogP contribution in [-0.2, 0) is 15.6 Å². The van der Waals surface area contributed by atoms with Crippen LogP contribution in [0.2, 0.25) is 0 Å². The maximum atomic E-state index is 12.8. The smallest absolute Gasteiger partial charge is 0.152 e. The van der Waals surface area contributed by atoms with Crippen LogP contribution in [0.15, 0.2) is 29.2 Å². The summed E-state index contributed by atoms with van der Waals surface area (Å²) in [5, 5.41) is -0.311. The average Bonchev–Trinajstić information content (AvgIpc) is 2.37. The highest BCUT2D eigenvalue weighted by Crippen LogP contribution is 2.60. The van der Waals surface area contributed by atoms with Crippen LogP contribution in [-0.4, -0.2) is 15.2 Å². The van der Waals surface area contributed by atoms with Gasteiger partial charge in [-0.05, 0) is 42.7 Å². The normalized spacial score (nSPS) is 36.3. The molecule has 1 aromatic carbocycles. The summed E-state index contributed by atoms with van der Waals surface area (Å²) in [5.41, 5.74) is 1.25. The Balaban J connectivity index is 1.90. The minimum atomic E-state index is -1.21. The zero-order valence-corrected chi connectivity index (χ0v) is 13.4. The molecule has 3 aliphatic carbocycles. The van der Waals surface area contributed by atoms with Crippen molar-refractivity contribution in [1.29, 1.82) is 0 Å². The van der Waals surface area contributed by atoms with Crippen molar-refractivity contribution in [2.75, 3.05) is 0 Å². The number of Topliss-reactive ketones (excluding diaryl/α,β-unsaturated/α-hetero) is 1. The molecule has 0 saturated heterocycles. The van der Waals surface area contributed by atoms with Crippen LogP contribution in [0, 0.1) is 30.1 Å². The van der Waals surface area contributed by atoms with E-state index >= 15 is 0 Å². The first kappa shape index (κ1) is 14.0. The van der Waals surface area contributed by atoms with Gasteiger partial charge in [-0.2, -0.15) is 0 Å². The molecule has 2 bridgehead atoms. The van der Waals surface area contributed by atoms with Crippen LogP contribution >= 0.6 is 0 Å². The largest absolute Gasteiger partial charge is 0.298 e. The van der Waals surface area contributed by atoms with Crippen molar-refractivity contribution < 1.29 is 9.00 Å². The van der Waals surface area contributed by atoms with E-state index in [1.165, 1.54) is 0 Å². The van der Waals surface area contributed by atoms with Crippen molar-refractivity contribution in [3.05, 3.63) is 29.8 Å². The Hall–Kier alpha value is -0.960. The Labute approximate surface area is 123 Å². The number of benzene rings is 1. The Morgan fingerprint density at radius 1 is 1.20 bits per heavy atom. The molecule has 3 aliphatic rings. The summed E-state index contributed by atoms with van der Waals surface area (Å²) in [6, 6.07) is 7.74. The van der Waals surface area contributed by atoms with E-state index in [0.717, 1.165) is 16.9 Å². The summed E-state index contributed by atoms with van der Waals surface area (Å²) in [6.45, 7) is 8.49. The Kier molecular flexibility index (Phi) is 3.16. The van der Waals surface area contributed by atoms with Crippen molar-refractivity contribution in [2.45, 2.75) is 44.3 Å². The maximum Gasteiger partial charge on any atom is 0.152 e. The van der Waals surface area contributed by atoms with Gasteiger partial charge >= 0.3 is 0 Å². The van der Waals surface area contributed by atoms with Crippen LogP contribution in [0.1, 0.15) is 32.8 Å². The molecule has 3 heteroatoms. The second kappa shape index (κ2) is 4.52. The molecule has 0 N–H and O–H groups in total. The van der Waals surface area contributed by atoms with Crippen molar-refractivity contribution in [3.8, 4) is 0 Å². The highest BCUT2D eigenvalue weighted by atomic mass is 32.2. The minimum Gasteiger partial charge on any atom is -0.298 e. The molecule has 3 fully saturated rings. The number of aryl methyl sites for hydroxylation is 1. The number of rotatable bonds is 2. The lowest BCUT2D eigenvalue weighted by atomic mass is 9.45. The van der Waals surface area contributed by atoms with Crippen molar-refractivity contribution in [3.63, 3.8) is 0 Å². The molecule has 0 unspecified atom stereocenters. The third-order valence-corrected chi connectivity index (χ3v) is 7.42. The summed E-state index contributed by atoms with van der Waals surface area (Å²) >= 11 is 0. The first-order valence-corrected chi connectivity index (χ1v) is 8.56. The van der Waals surface area contributed by atoms with Crippen molar-refractivity contribution in [2.24, 2.45) is 23.2 Å². The Morgan fingerprint density at radius 3 is 2.30 bits per heavy atom. The highest BCUT2D eigenvalue weighted by Gasteiger charge is 2.62. The lowest BCUT2D eigenvalue weighted by Crippen LogP contribution is -2.63. The number of ketones is 1. The summed E-state index contributed by atoms with van der Waals surface area (Å²) in [5.74, 6) is 1.08. The zero-order valence-electron chi connectivity index (χ0n) is 12.6. The molecule has 0 radical (unpaired) electrons. The SMILES string of the molecule is Cc1ccc([S@](=O)[C@H]2C(=O)[C@@H]3C[C@H]([C@@H]2C)C3(C)C)cc1. The molecule has 0 aromatic heterocycles. The van der Waals surface area contributed by atoms with E-state index in [9.17, 15) is 9.00 Å². The van der Waals surface area contributed by atoms with Gasteiger partial charge in [0.15, 0.2) is 5.78 Å². The lowest BCUT2D eigenvalue weighted by Gasteiger charge is -2.60. The van der Waals surface area contributed by atoms with Gasteiger partial charge in [-0.15, -0.1) is 0 Å². The van der Waals surface area contributed by atoms with E-state index in [1.54, 1.807) is 0 Å². The molecule has 2 nitrogen and oxygen atoms in total. The molecule has 0 spiro atoms. The lowest BCUT2D eigenvalue weighted by molar-refractivity contribution is -0.155. The minimum absolute atomic E-state index is 0.102. The maximum absolute atomic E-state index is 12.8. The number of hydrogen-bond acceptors (Lipinski definition) is 2. The van der Waals surface area contributed by atoms with Crippen LogP contribution in [0.4, 0.5) is 0 Å². The molecular formula is C17H22O2S. The Bertz CT molecular complexity index is 573. The molecule has 4 rings (SSSR count). The van der Waals surface area contributed by atoms with Crippen molar-refractivity contribution in [1.82, 2.24) is 0 Å². The number of carbonyl (C=O) groups excluding carboxylic acids is 1. The average molecular weight is 290 g/mol. The fourth-order valence-corrected chi connectivity index (χ4v) is 5.77. The second-order valence-electron chi connectivity index (χ2n) is 7.01. The van der Waals surface area contributed by atoms with E-state index in [1.807, 2.05) is 31.2 Å². The van der Waals surface area contributed by atoms with Gasteiger partial charge in [-0.1, -0.05) is 38.5 Å². The van der Waals surface area contributed by atoms with Crippen LogP contribution in [0.5, 0.6) is 0 Å². The van der Waals surface area contributed by atoms with Gasteiger partial charge in [0.25, 0.3) is 0 Å². The first-order chi connectivity index (χ1) is 9.34. The van der Waals surface area contributed by atoms with E-state index in [2.05, 4.69) is 20.8 Å². The molecule has 0 amide bonds. The number of fused-ring (bicyclic) bond motifs is 2.